The summed E-state index contributed by atoms with van der Waals surface area (Å²) in [6.07, 6.45) is 2.44. The van der Waals surface area contributed by atoms with Crippen molar-refractivity contribution in [3.63, 3.8) is 0 Å². The molecule has 3 aliphatic heterocycles. The van der Waals surface area contributed by atoms with E-state index in [9.17, 15) is 4.79 Å². The lowest BCUT2D eigenvalue weighted by Gasteiger charge is -2.49. The van der Waals surface area contributed by atoms with Crippen LogP contribution < -0.4 is 5.32 Å². The van der Waals surface area contributed by atoms with Gasteiger partial charge in [-0.25, -0.2) is 0 Å². The number of hydrogen-bond acceptors (Lipinski definition) is 3. The molecule has 3 aliphatic rings. The first-order chi connectivity index (χ1) is 10.2. The lowest BCUT2D eigenvalue weighted by molar-refractivity contribution is 0.0217. The summed E-state index contributed by atoms with van der Waals surface area (Å²) in [7, 11) is 0. The monoisotopic (exact) mass is 300 g/mol. The molecule has 0 saturated carbocycles. The smallest absolute Gasteiger partial charge is 0.251 e. The van der Waals surface area contributed by atoms with E-state index in [2.05, 4.69) is 34.7 Å². The lowest BCUT2D eigenvalue weighted by Crippen LogP contribution is -2.62. The van der Waals surface area contributed by atoms with E-state index in [4.69, 9.17) is 0 Å². The molecule has 3 nitrogen and oxygen atoms in total. The Bertz CT molecular complexity index is 670. The van der Waals surface area contributed by atoms with Crippen LogP contribution in [0.1, 0.15) is 30.1 Å². The van der Waals surface area contributed by atoms with Crippen LogP contribution in [0.25, 0.3) is 10.1 Å². The summed E-state index contributed by atoms with van der Waals surface area (Å²) >= 11 is 1.72. The fraction of sp³-hybridized carbons (Fsp3) is 0.471. The van der Waals surface area contributed by atoms with E-state index < -0.39 is 0 Å². The Morgan fingerprint density at radius 1 is 1.29 bits per heavy atom. The van der Waals surface area contributed by atoms with Crippen molar-refractivity contribution in [1.82, 2.24) is 10.2 Å². The van der Waals surface area contributed by atoms with E-state index in [1.54, 1.807) is 11.3 Å². The molecule has 4 heterocycles. The zero-order chi connectivity index (χ0) is 14.4. The minimum Gasteiger partial charge on any atom is -0.347 e. The quantitative estimate of drug-likeness (QED) is 0.924. The van der Waals surface area contributed by atoms with Crippen LogP contribution in [-0.4, -0.2) is 36.0 Å². The Labute approximate surface area is 128 Å². The molecule has 21 heavy (non-hydrogen) atoms. The molecular weight excluding hydrogens is 280 g/mol. The van der Waals surface area contributed by atoms with E-state index in [-0.39, 0.29) is 5.91 Å². The van der Waals surface area contributed by atoms with Gasteiger partial charge in [0.25, 0.3) is 5.91 Å². The second-order valence-corrected chi connectivity index (χ2v) is 7.23. The molecule has 2 atom stereocenters. The van der Waals surface area contributed by atoms with E-state index in [0.717, 1.165) is 10.9 Å². The third-order valence-corrected chi connectivity index (χ3v) is 6.09. The van der Waals surface area contributed by atoms with Gasteiger partial charge in [0.1, 0.15) is 0 Å². The molecule has 4 heteroatoms. The van der Waals surface area contributed by atoms with Crippen LogP contribution in [-0.2, 0) is 0 Å². The number of benzene rings is 1. The SMILES string of the molecule is CC1C(NC(=O)c2ccc3sccc3c2)C2CCN1CC2. The van der Waals surface area contributed by atoms with Crippen molar-refractivity contribution in [3.8, 4) is 0 Å². The highest BCUT2D eigenvalue weighted by Crippen LogP contribution is 2.32. The standard InChI is InChI=1S/C17H20N2OS/c1-11-16(12-4-7-19(11)8-5-12)18-17(20)14-2-3-15-13(10-14)6-9-21-15/h2-3,6,9-12,16H,4-5,7-8H2,1H3,(H,18,20). The molecule has 1 aromatic heterocycles. The topological polar surface area (TPSA) is 32.3 Å². The van der Waals surface area contributed by atoms with Crippen molar-refractivity contribution < 1.29 is 4.79 Å². The molecule has 2 bridgehead atoms. The molecule has 3 saturated heterocycles. The Hall–Kier alpha value is -1.39. The maximum absolute atomic E-state index is 12.6. The van der Waals surface area contributed by atoms with Crippen molar-refractivity contribution in [2.24, 2.45) is 5.92 Å². The Morgan fingerprint density at radius 2 is 2.10 bits per heavy atom. The normalized spacial score (nSPS) is 31.5. The van der Waals surface area contributed by atoms with Crippen molar-refractivity contribution in [2.45, 2.75) is 31.8 Å². The Morgan fingerprint density at radius 3 is 2.86 bits per heavy atom. The first kappa shape index (κ1) is 13.3. The highest BCUT2D eigenvalue weighted by atomic mass is 32.1. The first-order valence-electron chi connectivity index (χ1n) is 7.74. The van der Waals surface area contributed by atoms with Crippen LogP contribution in [0.2, 0.25) is 0 Å². The Kier molecular flexibility index (Phi) is 3.23. The van der Waals surface area contributed by atoms with Gasteiger partial charge in [0.2, 0.25) is 0 Å². The maximum Gasteiger partial charge on any atom is 0.251 e. The van der Waals surface area contributed by atoms with E-state index in [1.807, 2.05) is 12.1 Å². The van der Waals surface area contributed by atoms with Crippen LogP contribution in [0.5, 0.6) is 0 Å². The van der Waals surface area contributed by atoms with Gasteiger partial charge >= 0.3 is 0 Å². The molecule has 1 aromatic carbocycles. The average Bonchev–Trinajstić information content (AvgIpc) is 2.98. The summed E-state index contributed by atoms with van der Waals surface area (Å²) in [4.78, 5) is 15.1. The number of carbonyl (C=O) groups excluding carboxylic acids is 1. The zero-order valence-corrected chi connectivity index (χ0v) is 13.0. The number of nitrogens with one attached hydrogen (secondary N) is 1. The van der Waals surface area contributed by atoms with Crippen LogP contribution in [0, 0.1) is 5.92 Å². The predicted octanol–water partition coefficient (Wildman–Crippen LogP) is 3.11. The summed E-state index contributed by atoms with van der Waals surface area (Å²) < 4.78 is 1.24. The van der Waals surface area contributed by atoms with Gasteiger partial charge < -0.3 is 5.32 Å². The second kappa shape index (κ2) is 5.11. The van der Waals surface area contributed by atoms with Crippen LogP contribution >= 0.6 is 11.3 Å². The van der Waals surface area contributed by atoms with Gasteiger partial charge in [0.15, 0.2) is 0 Å². The summed E-state index contributed by atoms with van der Waals surface area (Å²) in [5, 5.41) is 6.53. The highest BCUT2D eigenvalue weighted by Gasteiger charge is 2.40. The summed E-state index contributed by atoms with van der Waals surface area (Å²) in [5.41, 5.74) is 0.782. The van der Waals surface area contributed by atoms with Crippen LogP contribution in [0.3, 0.4) is 0 Å². The van der Waals surface area contributed by atoms with Gasteiger partial charge in [-0.05, 0) is 73.8 Å². The molecular formula is C17H20N2OS. The predicted molar refractivity (Wildman–Crippen MR) is 86.8 cm³/mol. The van der Waals surface area contributed by atoms with Crippen molar-refractivity contribution in [2.75, 3.05) is 13.1 Å². The molecule has 2 unspecified atom stereocenters. The molecule has 2 aromatic rings. The molecule has 3 fully saturated rings. The van der Waals surface area contributed by atoms with Gasteiger partial charge in [-0.3, -0.25) is 9.69 Å². The summed E-state index contributed by atoms with van der Waals surface area (Å²) in [6.45, 7) is 4.64. The molecule has 110 valence electrons. The third-order valence-electron chi connectivity index (χ3n) is 5.19. The van der Waals surface area contributed by atoms with Gasteiger partial charge in [0.05, 0.1) is 0 Å². The number of amides is 1. The molecule has 0 spiro atoms. The number of piperidine rings is 3. The van der Waals surface area contributed by atoms with E-state index in [1.165, 1.54) is 30.6 Å². The summed E-state index contributed by atoms with van der Waals surface area (Å²) in [5.74, 6) is 0.729. The summed E-state index contributed by atoms with van der Waals surface area (Å²) in [6, 6.07) is 8.85. The zero-order valence-electron chi connectivity index (χ0n) is 12.2. The number of carbonyl (C=O) groups is 1. The number of hydrogen-bond donors (Lipinski definition) is 1. The number of fused-ring (bicyclic) bond motifs is 4. The minimum atomic E-state index is 0.0775. The molecule has 5 rings (SSSR count). The van der Waals surface area contributed by atoms with E-state index >= 15 is 0 Å². The van der Waals surface area contributed by atoms with Gasteiger partial charge in [-0.1, -0.05) is 0 Å². The number of nitrogens with zero attached hydrogens (tertiary/aromatic N) is 1. The molecule has 1 N–H and O–H groups in total. The fourth-order valence-corrected chi connectivity index (χ4v) is 4.66. The van der Waals surface area contributed by atoms with Crippen molar-refractivity contribution >= 4 is 27.3 Å². The van der Waals surface area contributed by atoms with Gasteiger partial charge in [-0.15, -0.1) is 11.3 Å². The largest absolute Gasteiger partial charge is 0.347 e. The number of rotatable bonds is 2. The highest BCUT2D eigenvalue weighted by molar-refractivity contribution is 7.17. The first-order valence-corrected chi connectivity index (χ1v) is 8.62. The van der Waals surface area contributed by atoms with Crippen molar-refractivity contribution in [1.29, 1.82) is 0 Å². The molecule has 0 aliphatic carbocycles. The average molecular weight is 300 g/mol. The van der Waals surface area contributed by atoms with E-state index in [0.29, 0.717) is 18.0 Å². The van der Waals surface area contributed by atoms with Gasteiger partial charge in [-0.2, -0.15) is 0 Å². The van der Waals surface area contributed by atoms with Crippen LogP contribution in [0.15, 0.2) is 29.6 Å². The Balaban J connectivity index is 1.54. The van der Waals surface area contributed by atoms with Crippen LogP contribution in [0.4, 0.5) is 0 Å². The maximum atomic E-state index is 12.6. The number of thiophene rings is 1. The lowest BCUT2D eigenvalue weighted by atomic mass is 9.79. The van der Waals surface area contributed by atoms with Crippen molar-refractivity contribution in [3.05, 3.63) is 35.2 Å². The minimum absolute atomic E-state index is 0.0775. The van der Waals surface area contributed by atoms with Gasteiger partial charge in [0, 0.05) is 22.3 Å². The molecule has 1 amide bonds. The third kappa shape index (κ3) is 2.27. The fourth-order valence-electron chi connectivity index (χ4n) is 3.89. The molecule has 0 radical (unpaired) electrons. The second-order valence-electron chi connectivity index (χ2n) is 6.29.